The second-order valence-electron chi connectivity index (χ2n) is 7.32. The van der Waals surface area contributed by atoms with Gasteiger partial charge >= 0.3 is 0 Å². The normalized spacial score (nSPS) is 35.0. The number of methoxy groups -OCH3 is 1. The molecule has 0 radical (unpaired) electrons. The minimum atomic E-state index is 0.000235. The Balaban J connectivity index is 2.12. The number of fused-ring (bicyclic) bond motifs is 3. The van der Waals surface area contributed by atoms with Gasteiger partial charge in [-0.05, 0) is 54.1 Å². The molecule has 0 amide bonds. The van der Waals surface area contributed by atoms with Crippen molar-refractivity contribution in [3.8, 4) is 11.5 Å². The molecule has 21 heavy (non-hydrogen) atoms. The highest BCUT2D eigenvalue weighted by Crippen LogP contribution is 2.58. The maximum Gasteiger partial charge on any atom is 0.161 e. The van der Waals surface area contributed by atoms with Crippen LogP contribution in [0.3, 0.4) is 0 Å². The maximum atomic E-state index is 10.5. The van der Waals surface area contributed by atoms with Crippen molar-refractivity contribution < 1.29 is 14.9 Å². The fraction of sp³-hybridized carbons (Fsp3) is 0.667. The summed E-state index contributed by atoms with van der Waals surface area (Å²) in [5.74, 6) is 1.35. The van der Waals surface area contributed by atoms with Gasteiger partial charge in [-0.25, -0.2) is 0 Å². The predicted octanol–water partition coefficient (Wildman–Crippen LogP) is 3.40. The lowest BCUT2D eigenvalue weighted by Crippen LogP contribution is -2.50. The SMILES string of the molecule is COc1ccc2c(c1O)CCC1C(C)(CO)CCCC21C. The Morgan fingerprint density at radius 3 is 2.71 bits per heavy atom. The van der Waals surface area contributed by atoms with Gasteiger partial charge < -0.3 is 14.9 Å². The number of aliphatic hydroxyl groups excluding tert-OH is 1. The topological polar surface area (TPSA) is 49.7 Å². The molecule has 116 valence electrons. The zero-order valence-electron chi connectivity index (χ0n) is 13.3. The molecule has 3 rings (SSSR count). The Morgan fingerprint density at radius 1 is 1.29 bits per heavy atom. The molecule has 0 heterocycles. The first-order valence-electron chi connectivity index (χ1n) is 7.96. The van der Waals surface area contributed by atoms with Crippen LogP contribution in [-0.4, -0.2) is 23.9 Å². The molecule has 1 aromatic rings. The highest BCUT2D eigenvalue weighted by Gasteiger charge is 2.51. The van der Waals surface area contributed by atoms with Gasteiger partial charge in [-0.3, -0.25) is 0 Å². The number of ether oxygens (including phenoxy) is 1. The molecule has 1 fully saturated rings. The van der Waals surface area contributed by atoms with E-state index in [0.29, 0.717) is 17.4 Å². The first kappa shape index (κ1) is 14.7. The van der Waals surface area contributed by atoms with Gasteiger partial charge in [-0.1, -0.05) is 26.3 Å². The van der Waals surface area contributed by atoms with E-state index < -0.39 is 0 Å². The van der Waals surface area contributed by atoms with Crippen molar-refractivity contribution in [2.75, 3.05) is 13.7 Å². The zero-order valence-corrected chi connectivity index (χ0v) is 13.3. The summed E-state index contributed by atoms with van der Waals surface area (Å²) in [7, 11) is 1.60. The second-order valence-corrected chi connectivity index (χ2v) is 7.32. The van der Waals surface area contributed by atoms with Gasteiger partial charge in [0.1, 0.15) is 0 Å². The van der Waals surface area contributed by atoms with E-state index in [0.717, 1.165) is 37.7 Å². The van der Waals surface area contributed by atoms with Crippen LogP contribution in [0, 0.1) is 11.3 Å². The van der Waals surface area contributed by atoms with Crippen molar-refractivity contribution in [3.05, 3.63) is 23.3 Å². The smallest absolute Gasteiger partial charge is 0.161 e. The van der Waals surface area contributed by atoms with Gasteiger partial charge in [0.05, 0.1) is 7.11 Å². The quantitative estimate of drug-likeness (QED) is 0.877. The number of phenolic OH excluding ortho intramolecular Hbond substituents is 1. The van der Waals surface area contributed by atoms with E-state index >= 15 is 0 Å². The van der Waals surface area contributed by atoms with Gasteiger partial charge in [0, 0.05) is 12.2 Å². The maximum absolute atomic E-state index is 10.5. The molecule has 0 aromatic heterocycles. The van der Waals surface area contributed by atoms with Crippen molar-refractivity contribution >= 4 is 0 Å². The van der Waals surface area contributed by atoms with E-state index in [4.69, 9.17) is 4.74 Å². The molecule has 1 aromatic carbocycles. The van der Waals surface area contributed by atoms with Crippen molar-refractivity contribution in [1.82, 2.24) is 0 Å². The van der Waals surface area contributed by atoms with Gasteiger partial charge in [0.25, 0.3) is 0 Å². The van der Waals surface area contributed by atoms with Crippen LogP contribution in [0.5, 0.6) is 11.5 Å². The average molecular weight is 290 g/mol. The van der Waals surface area contributed by atoms with Crippen LogP contribution >= 0.6 is 0 Å². The zero-order chi connectivity index (χ0) is 15.3. The number of phenols is 1. The summed E-state index contributed by atoms with van der Waals surface area (Å²) < 4.78 is 5.25. The Labute approximate surface area is 127 Å². The summed E-state index contributed by atoms with van der Waals surface area (Å²) >= 11 is 0. The Kier molecular flexibility index (Phi) is 3.44. The van der Waals surface area contributed by atoms with Crippen LogP contribution < -0.4 is 4.74 Å². The molecule has 2 aliphatic carbocycles. The summed E-state index contributed by atoms with van der Waals surface area (Å²) in [6.07, 6.45) is 5.26. The highest BCUT2D eigenvalue weighted by molar-refractivity contribution is 5.54. The fourth-order valence-corrected chi connectivity index (χ4v) is 5.01. The molecule has 2 aliphatic rings. The van der Waals surface area contributed by atoms with Crippen molar-refractivity contribution in [1.29, 1.82) is 0 Å². The van der Waals surface area contributed by atoms with Crippen molar-refractivity contribution in [3.63, 3.8) is 0 Å². The Bertz CT molecular complexity index is 554. The number of aromatic hydroxyl groups is 1. The molecule has 3 atom stereocenters. The summed E-state index contributed by atoms with van der Waals surface area (Å²) in [6.45, 7) is 4.79. The monoisotopic (exact) mass is 290 g/mol. The number of hydrogen-bond donors (Lipinski definition) is 2. The van der Waals surface area contributed by atoms with Crippen LogP contribution in [-0.2, 0) is 11.8 Å². The molecule has 3 heteroatoms. The third-order valence-electron chi connectivity index (χ3n) is 6.18. The molecule has 2 N–H and O–H groups in total. The minimum Gasteiger partial charge on any atom is -0.504 e. The predicted molar refractivity (Wildman–Crippen MR) is 82.9 cm³/mol. The van der Waals surface area contributed by atoms with E-state index in [1.54, 1.807) is 7.11 Å². The van der Waals surface area contributed by atoms with Crippen LogP contribution in [0.2, 0.25) is 0 Å². The third-order valence-corrected chi connectivity index (χ3v) is 6.18. The average Bonchev–Trinajstić information content (AvgIpc) is 2.48. The van der Waals surface area contributed by atoms with E-state index in [1.807, 2.05) is 6.07 Å². The molecule has 0 saturated heterocycles. The lowest BCUT2D eigenvalue weighted by atomic mass is 9.50. The van der Waals surface area contributed by atoms with Gasteiger partial charge in [0.2, 0.25) is 0 Å². The lowest BCUT2D eigenvalue weighted by Gasteiger charge is -2.55. The largest absolute Gasteiger partial charge is 0.504 e. The lowest BCUT2D eigenvalue weighted by molar-refractivity contribution is -0.0181. The summed E-state index contributed by atoms with van der Waals surface area (Å²) in [6, 6.07) is 4.01. The van der Waals surface area contributed by atoms with Crippen LogP contribution in [0.15, 0.2) is 12.1 Å². The summed E-state index contributed by atoms with van der Waals surface area (Å²) in [4.78, 5) is 0. The molecule has 0 aliphatic heterocycles. The van der Waals surface area contributed by atoms with Crippen LogP contribution in [0.25, 0.3) is 0 Å². The number of benzene rings is 1. The number of hydrogen-bond acceptors (Lipinski definition) is 3. The molecule has 3 unspecified atom stereocenters. The van der Waals surface area contributed by atoms with E-state index in [-0.39, 0.29) is 17.4 Å². The molecule has 0 spiro atoms. The van der Waals surface area contributed by atoms with Gasteiger partial charge in [0.15, 0.2) is 11.5 Å². The van der Waals surface area contributed by atoms with Crippen LogP contribution in [0.4, 0.5) is 0 Å². The highest BCUT2D eigenvalue weighted by atomic mass is 16.5. The van der Waals surface area contributed by atoms with Crippen molar-refractivity contribution in [2.45, 2.75) is 51.4 Å². The van der Waals surface area contributed by atoms with Gasteiger partial charge in [-0.2, -0.15) is 0 Å². The summed E-state index contributed by atoms with van der Waals surface area (Å²) in [5, 5.41) is 20.4. The molecule has 1 saturated carbocycles. The molecular weight excluding hydrogens is 264 g/mol. The minimum absolute atomic E-state index is 0.000235. The summed E-state index contributed by atoms with van der Waals surface area (Å²) in [5.41, 5.74) is 2.36. The van der Waals surface area contributed by atoms with E-state index in [1.165, 1.54) is 5.56 Å². The van der Waals surface area contributed by atoms with Crippen molar-refractivity contribution in [2.24, 2.45) is 11.3 Å². The Hall–Kier alpha value is -1.22. The molecule has 3 nitrogen and oxygen atoms in total. The first-order valence-corrected chi connectivity index (χ1v) is 7.96. The number of aliphatic hydroxyl groups is 1. The third kappa shape index (κ3) is 1.97. The first-order chi connectivity index (χ1) is 9.96. The molecule has 0 bridgehead atoms. The van der Waals surface area contributed by atoms with Crippen LogP contribution in [0.1, 0.15) is 50.7 Å². The fourth-order valence-electron chi connectivity index (χ4n) is 5.01. The second kappa shape index (κ2) is 4.91. The van der Waals surface area contributed by atoms with E-state index in [9.17, 15) is 10.2 Å². The molecular formula is C18H26O3. The van der Waals surface area contributed by atoms with E-state index in [2.05, 4.69) is 19.9 Å². The standard InChI is InChI=1S/C18H26O3/c1-17(11-19)9-4-10-18(2)13-6-7-14(21-3)16(20)12(13)5-8-15(17)18/h6-7,15,19-20H,4-5,8-11H2,1-3H3. The van der Waals surface area contributed by atoms with Gasteiger partial charge in [-0.15, -0.1) is 0 Å². The Morgan fingerprint density at radius 2 is 2.05 bits per heavy atom. The number of rotatable bonds is 2.